The van der Waals surface area contributed by atoms with Crippen molar-refractivity contribution in [2.24, 2.45) is 0 Å². The molecule has 0 saturated carbocycles. The van der Waals surface area contributed by atoms with Gasteiger partial charge in [0.2, 0.25) is 0 Å². The second kappa shape index (κ2) is 10.3. The molecule has 0 fully saturated rings. The van der Waals surface area contributed by atoms with Crippen molar-refractivity contribution in [3.63, 3.8) is 0 Å². The van der Waals surface area contributed by atoms with Crippen LogP contribution in [0.1, 0.15) is 55.5 Å². The highest BCUT2D eigenvalue weighted by atomic mass is 16.5. The number of ether oxygens (including phenoxy) is 2. The zero-order chi connectivity index (χ0) is 26.0. The fourth-order valence-corrected chi connectivity index (χ4v) is 4.93. The van der Waals surface area contributed by atoms with Gasteiger partial charge in [0.15, 0.2) is 0 Å². The van der Waals surface area contributed by atoms with E-state index in [1.54, 1.807) is 0 Å². The summed E-state index contributed by atoms with van der Waals surface area (Å²) in [5.74, 6) is 2.92. The zero-order valence-electron chi connectivity index (χ0n) is 22.3. The van der Waals surface area contributed by atoms with Crippen molar-refractivity contribution < 1.29 is 9.47 Å². The van der Waals surface area contributed by atoms with Crippen LogP contribution in [-0.4, -0.2) is 13.1 Å². The van der Waals surface area contributed by atoms with Gasteiger partial charge in [-0.2, -0.15) is 5.26 Å². The summed E-state index contributed by atoms with van der Waals surface area (Å²) in [6, 6.07) is 13.0. The Kier molecular flexibility index (Phi) is 7.22. The van der Waals surface area contributed by atoms with Gasteiger partial charge in [-0.05, 0) is 101 Å². The van der Waals surface area contributed by atoms with E-state index >= 15 is 0 Å². The van der Waals surface area contributed by atoms with Gasteiger partial charge >= 0.3 is 0 Å². The summed E-state index contributed by atoms with van der Waals surface area (Å²) in [6.45, 7) is 16.4. The molecular formula is C32H34N2O2. The topological polar surface area (TPSA) is 45.5 Å². The largest absolute Gasteiger partial charge is 0.457 e. The molecule has 184 valence electrons. The Balaban J connectivity index is 1.73. The Bertz CT molecular complexity index is 1380. The molecule has 0 saturated heterocycles. The van der Waals surface area contributed by atoms with Crippen LogP contribution in [0, 0.1) is 32.1 Å². The van der Waals surface area contributed by atoms with E-state index in [2.05, 4.69) is 82.8 Å². The van der Waals surface area contributed by atoms with Gasteiger partial charge in [-0.3, -0.25) is 0 Å². The van der Waals surface area contributed by atoms with Gasteiger partial charge in [0.1, 0.15) is 23.0 Å². The average molecular weight is 479 g/mol. The highest BCUT2D eigenvalue weighted by Crippen LogP contribution is 2.38. The van der Waals surface area contributed by atoms with E-state index in [4.69, 9.17) is 9.47 Å². The Morgan fingerprint density at radius 2 is 1.64 bits per heavy atom. The third-order valence-corrected chi connectivity index (χ3v) is 6.73. The average Bonchev–Trinajstić information content (AvgIpc) is 2.83. The van der Waals surface area contributed by atoms with Crippen LogP contribution in [0.15, 0.2) is 77.3 Å². The Morgan fingerprint density at radius 1 is 0.944 bits per heavy atom. The van der Waals surface area contributed by atoms with Gasteiger partial charge in [-0.15, -0.1) is 0 Å². The molecule has 2 aliphatic rings. The van der Waals surface area contributed by atoms with E-state index in [0.29, 0.717) is 17.1 Å². The first kappa shape index (κ1) is 25.1. The summed E-state index contributed by atoms with van der Waals surface area (Å²) in [5.41, 5.74) is 9.40. The molecule has 4 heteroatoms. The van der Waals surface area contributed by atoms with E-state index in [9.17, 15) is 5.26 Å². The number of nitrogens with zero attached hydrogens (tertiary/aromatic N) is 2. The Labute approximate surface area is 215 Å². The molecule has 0 atom stereocenters. The minimum atomic E-state index is 0.638. The smallest absolute Gasteiger partial charge is 0.136 e. The maximum atomic E-state index is 9.59. The van der Waals surface area contributed by atoms with Crippen LogP contribution in [0.5, 0.6) is 5.75 Å². The van der Waals surface area contributed by atoms with Crippen LogP contribution < -0.4 is 9.64 Å². The molecule has 2 aliphatic heterocycles. The first-order valence-electron chi connectivity index (χ1n) is 12.5. The summed E-state index contributed by atoms with van der Waals surface area (Å²) in [7, 11) is 0. The van der Waals surface area contributed by atoms with Gasteiger partial charge in [0, 0.05) is 47.6 Å². The fourth-order valence-electron chi connectivity index (χ4n) is 4.93. The molecule has 0 N–H and O–H groups in total. The number of hydrogen-bond acceptors (Lipinski definition) is 4. The molecule has 4 nitrogen and oxygen atoms in total. The lowest BCUT2D eigenvalue weighted by Crippen LogP contribution is -2.21. The summed E-state index contributed by atoms with van der Waals surface area (Å²) >= 11 is 0. The number of hydrogen-bond donors (Lipinski definition) is 0. The molecule has 4 rings (SSSR count). The van der Waals surface area contributed by atoms with Crippen molar-refractivity contribution in [3.8, 4) is 11.8 Å². The maximum Gasteiger partial charge on any atom is 0.136 e. The van der Waals surface area contributed by atoms with Crippen LogP contribution in [-0.2, 0) is 4.74 Å². The number of allylic oxidation sites excluding steroid dienone is 7. The molecule has 0 aliphatic carbocycles. The fraction of sp³-hybridized carbons (Fsp3) is 0.281. The lowest BCUT2D eigenvalue weighted by Gasteiger charge is -2.25. The summed E-state index contributed by atoms with van der Waals surface area (Å²) < 4.78 is 12.8. The third kappa shape index (κ3) is 5.02. The lowest BCUT2D eigenvalue weighted by molar-refractivity contribution is 0.384. The van der Waals surface area contributed by atoms with Gasteiger partial charge in [-0.1, -0.05) is 17.7 Å². The van der Waals surface area contributed by atoms with E-state index in [0.717, 1.165) is 63.7 Å². The molecule has 36 heavy (non-hydrogen) atoms. The van der Waals surface area contributed by atoms with Gasteiger partial charge in [0.05, 0.1) is 6.07 Å². The molecule has 0 radical (unpaired) electrons. The number of anilines is 1. The summed E-state index contributed by atoms with van der Waals surface area (Å²) in [6.07, 6.45) is 7.81. The van der Waals surface area contributed by atoms with E-state index in [1.165, 1.54) is 5.56 Å². The predicted octanol–water partition coefficient (Wildman–Crippen LogP) is 7.93. The molecule has 0 bridgehead atoms. The maximum absolute atomic E-state index is 9.59. The normalized spacial score (nSPS) is 17.2. The molecule has 0 amide bonds. The van der Waals surface area contributed by atoms with Crippen molar-refractivity contribution in [2.45, 2.75) is 48.5 Å². The van der Waals surface area contributed by atoms with Crippen molar-refractivity contribution in [2.75, 3.05) is 18.0 Å². The first-order chi connectivity index (χ1) is 17.2. The number of fused-ring (bicyclic) bond motifs is 1. The number of nitriles is 1. The van der Waals surface area contributed by atoms with Crippen molar-refractivity contribution >= 4 is 17.0 Å². The Hall–Kier alpha value is -3.97. The molecular weight excluding hydrogens is 444 g/mol. The third-order valence-electron chi connectivity index (χ3n) is 6.73. The monoisotopic (exact) mass is 478 g/mol. The van der Waals surface area contributed by atoms with Crippen LogP contribution in [0.4, 0.5) is 5.69 Å². The first-order valence-corrected chi connectivity index (χ1v) is 12.5. The highest BCUT2D eigenvalue weighted by molar-refractivity contribution is 5.77. The molecule has 2 aromatic carbocycles. The molecule has 0 aromatic heterocycles. The Morgan fingerprint density at radius 3 is 2.28 bits per heavy atom. The molecule has 2 aromatic rings. The van der Waals surface area contributed by atoms with Crippen LogP contribution in [0.3, 0.4) is 0 Å². The predicted molar refractivity (Wildman–Crippen MR) is 148 cm³/mol. The van der Waals surface area contributed by atoms with Crippen LogP contribution >= 0.6 is 0 Å². The SMILES string of the molecule is CCN(CC)c1ccc2c(c1)O/C(=C/C1=CC(=C(\C)C#N)/C=C(c3c(C)cc(C)cc3C)O1)C=C2C. The summed E-state index contributed by atoms with van der Waals surface area (Å²) in [4.78, 5) is 2.30. The molecule has 0 spiro atoms. The second-order valence-electron chi connectivity index (χ2n) is 9.45. The lowest BCUT2D eigenvalue weighted by atomic mass is 9.95. The van der Waals surface area contributed by atoms with Gasteiger partial charge in [0.25, 0.3) is 0 Å². The van der Waals surface area contributed by atoms with Crippen LogP contribution in [0.25, 0.3) is 11.3 Å². The van der Waals surface area contributed by atoms with Crippen molar-refractivity contribution in [1.82, 2.24) is 0 Å². The van der Waals surface area contributed by atoms with Crippen molar-refractivity contribution in [3.05, 3.63) is 105 Å². The van der Waals surface area contributed by atoms with Gasteiger partial charge in [-0.25, -0.2) is 0 Å². The summed E-state index contributed by atoms with van der Waals surface area (Å²) in [5, 5.41) is 9.59. The quantitative estimate of drug-likeness (QED) is 0.409. The second-order valence-corrected chi connectivity index (χ2v) is 9.45. The minimum Gasteiger partial charge on any atom is -0.457 e. The highest BCUT2D eigenvalue weighted by Gasteiger charge is 2.20. The van der Waals surface area contributed by atoms with E-state index in [1.807, 2.05) is 31.2 Å². The number of benzene rings is 2. The van der Waals surface area contributed by atoms with Crippen LogP contribution in [0.2, 0.25) is 0 Å². The number of aryl methyl sites for hydroxylation is 3. The van der Waals surface area contributed by atoms with Crippen molar-refractivity contribution in [1.29, 1.82) is 5.26 Å². The standard InChI is InChI=1S/C32H34N2O2/c1-8-34(9-2)26-10-11-29-21(4)14-27(35-30(29)17-26)18-28-15-25(24(7)19-33)16-31(36-28)32-22(5)12-20(3)13-23(32)6/h10-18H,8-9H2,1-7H3/b25-24-,27-18+. The zero-order valence-corrected chi connectivity index (χ0v) is 22.3. The number of rotatable bonds is 5. The molecule has 2 heterocycles. The van der Waals surface area contributed by atoms with E-state index in [-0.39, 0.29) is 0 Å². The molecule has 0 unspecified atom stereocenters. The van der Waals surface area contributed by atoms with E-state index < -0.39 is 0 Å². The van der Waals surface area contributed by atoms with Gasteiger partial charge < -0.3 is 14.4 Å². The minimum absolute atomic E-state index is 0.638.